The van der Waals surface area contributed by atoms with Crippen molar-refractivity contribution in [1.29, 1.82) is 5.26 Å². The van der Waals surface area contributed by atoms with Gasteiger partial charge in [0.2, 0.25) is 5.91 Å². The van der Waals surface area contributed by atoms with E-state index in [1.807, 2.05) is 24.3 Å². The molecule has 0 unspecified atom stereocenters. The van der Waals surface area contributed by atoms with Gasteiger partial charge < -0.3 is 5.32 Å². The SMILES string of the molecule is CC(C)(C)[C@@H]1CCc2c(sc(NC(=O)CSc3ncnc4c(-c5ccc(Cl)cc5)nsc34)c2C#N)C1. The number of nitrogens with zero attached hydrogens (tertiary/aromatic N) is 4. The van der Waals surface area contributed by atoms with Crippen LogP contribution in [0, 0.1) is 22.7 Å². The quantitative estimate of drug-likeness (QED) is 0.207. The number of thioether (sulfide) groups is 1. The summed E-state index contributed by atoms with van der Waals surface area (Å²) in [6, 6.07) is 9.81. The van der Waals surface area contributed by atoms with Gasteiger partial charge in [-0.1, -0.05) is 56.3 Å². The molecule has 0 saturated heterocycles. The third kappa shape index (κ3) is 5.00. The summed E-state index contributed by atoms with van der Waals surface area (Å²) in [6.07, 6.45) is 4.43. The zero-order valence-corrected chi connectivity index (χ0v) is 23.3. The average molecular weight is 554 g/mol. The summed E-state index contributed by atoms with van der Waals surface area (Å²) in [5, 5.41) is 14.8. The van der Waals surface area contributed by atoms with Gasteiger partial charge in [-0.3, -0.25) is 4.79 Å². The molecular formula is C26H24ClN5OS3. The van der Waals surface area contributed by atoms with Crippen LogP contribution in [-0.2, 0) is 17.6 Å². The van der Waals surface area contributed by atoms with Gasteiger partial charge in [0.1, 0.15) is 38.3 Å². The monoisotopic (exact) mass is 553 g/mol. The lowest BCUT2D eigenvalue weighted by Gasteiger charge is -2.33. The number of hydrogen-bond donors (Lipinski definition) is 1. The van der Waals surface area contributed by atoms with Crippen molar-refractivity contribution in [3.8, 4) is 17.3 Å². The molecule has 0 radical (unpaired) electrons. The number of benzene rings is 1. The molecule has 1 N–H and O–H groups in total. The lowest BCUT2D eigenvalue weighted by atomic mass is 9.72. The van der Waals surface area contributed by atoms with E-state index >= 15 is 0 Å². The van der Waals surface area contributed by atoms with Crippen LogP contribution in [-0.4, -0.2) is 26.0 Å². The van der Waals surface area contributed by atoms with Crippen molar-refractivity contribution in [2.45, 2.75) is 45.1 Å². The molecule has 5 rings (SSSR count). The van der Waals surface area contributed by atoms with Crippen LogP contribution in [0.2, 0.25) is 5.02 Å². The maximum atomic E-state index is 12.9. The number of nitrogens with one attached hydrogen (secondary N) is 1. The summed E-state index contributed by atoms with van der Waals surface area (Å²) < 4.78 is 5.43. The Kier molecular flexibility index (Phi) is 7.05. The summed E-state index contributed by atoms with van der Waals surface area (Å²) in [4.78, 5) is 22.9. The van der Waals surface area contributed by atoms with Crippen LogP contribution in [0.3, 0.4) is 0 Å². The lowest BCUT2D eigenvalue weighted by Crippen LogP contribution is -2.26. The van der Waals surface area contributed by atoms with E-state index < -0.39 is 0 Å². The van der Waals surface area contributed by atoms with E-state index in [4.69, 9.17) is 11.6 Å². The number of hydrogen-bond acceptors (Lipinski definition) is 8. The van der Waals surface area contributed by atoms with E-state index in [0.717, 1.165) is 46.3 Å². The van der Waals surface area contributed by atoms with E-state index in [1.165, 1.54) is 34.5 Å². The van der Waals surface area contributed by atoms with Crippen LogP contribution in [0.5, 0.6) is 0 Å². The topological polar surface area (TPSA) is 91.6 Å². The third-order valence-electron chi connectivity index (χ3n) is 6.54. The van der Waals surface area contributed by atoms with Gasteiger partial charge in [-0.15, -0.1) is 11.3 Å². The Morgan fingerprint density at radius 1 is 1.28 bits per heavy atom. The second kappa shape index (κ2) is 10.1. The van der Waals surface area contributed by atoms with Crippen molar-refractivity contribution >= 4 is 67.4 Å². The molecule has 0 fully saturated rings. The second-order valence-corrected chi connectivity index (χ2v) is 13.1. The zero-order chi connectivity index (χ0) is 25.4. The molecule has 3 aromatic heterocycles. The number of carbonyl (C=O) groups excluding carboxylic acids is 1. The van der Waals surface area contributed by atoms with Crippen LogP contribution in [0.15, 0.2) is 35.6 Å². The van der Waals surface area contributed by atoms with Gasteiger partial charge >= 0.3 is 0 Å². The first-order valence-electron chi connectivity index (χ1n) is 11.6. The average Bonchev–Trinajstić information content (AvgIpc) is 3.43. The normalized spacial score (nSPS) is 15.5. The number of anilines is 1. The first-order valence-corrected chi connectivity index (χ1v) is 14.5. The maximum Gasteiger partial charge on any atom is 0.235 e. The van der Waals surface area contributed by atoms with Crippen molar-refractivity contribution in [3.63, 3.8) is 0 Å². The number of carbonyl (C=O) groups is 1. The lowest BCUT2D eigenvalue weighted by molar-refractivity contribution is -0.113. The number of thiophene rings is 1. The minimum Gasteiger partial charge on any atom is -0.316 e. The Balaban J connectivity index is 1.30. The van der Waals surface area contributed by atoms with Crippen molar-refractivity contribution in [2.75, 3.05) is 11.1 Å². The summed E-state index contributed by atoms with van der Waals surface area (Å²) in [5.41, 5.74) is 4.42. The first-order chi connectivity index (χ1) is 17.2. The maximum absolute atomic E-state index is 12.9. The summed E-state index contributed by atoms with van der Waals surface area (Å²) in [7, 11) is 0. The van der Waals surface area contributed by atoms with Crippen LogP contribution >= 0.6 is 46.2 Å². The van der Waals surface area contributed by atoms with Crippen LogP contribution in [0.25, 0.3) is 21.5 Å². The van der Waals surface area contributed by atoms with Gasteiger partial charge in [-0.2, -0.15) is 9.64 Å². The van der Waals surface area contributed by atoms with Crippen LogP contribution in [0.4, 0.5) is 5.00 Å². The van der Waals surface area contributed by atoms with Crippen molar-refractivity contribution in [1.82, 2.24) is 14.3 Å². The van der Waals surface area contributed by atoms with E-state index in [0.29, 0.717) is 26.5 Å². The molecule has 1 amide bonds. The largest absolute Gasteiger partial charge is 0.316 e. The Labute approximate surface area is 227 Å². The van der Waals surface area contributed by atoms with E-state index in [-0.39, 0.29) is 17.1 Å². The zero-order valence-electron chi connectivity index (χ0n) is 20.1. The number of fused-ring (bicyclic) bond motifs is 2. The predicted octanol–water partition coefficient (Wildman–Crippen LogP) is 7.22. The molecule has 1 aliphatic carbocycles. The number of rotatable bonds is 5. The number of aromatic nitrogens is 3. The fraction of sp³-hybridized carbons (Fsp3) is 0.346. The molecule has 0 aliphatic heterocycles. The molecule has 0 spiro atoms. The predicted molar refractivity (Wildman–Crippen MR) is 149 cm³/mol. The smallest absolute Gasteiger partial charge is 0.235 e. The highest BCUT2D eigenvalue weighted by Gasteiger charge is 2.32. The fourth-order valence-corrected chi connectivity index (χ4v) is 7.61. The Morgan fingerprint density at radius 2 is 2.06 bits per heavy atom. The molecule has 1 atom stereocenters. The molecule has 1 aromatic carbocycles. The highest BCUT2D eigenvalue weighted by molar-refractivity contribution is 8.00. The third-order valence-corrected chi connectivity index (χ3v) is 9.92. The molecule has 10 heteroatoms. The standard InChI is InChI=1S/C26H24ClN5OS3/c1-26(2,3)15-6-9-17-18(11-28)24(35-19(17)10-15)31-20(33)12-34-25-23-22(29-13-30-25)21(32-36-23)14-4-7-16(27)8-5-14/h4-5,7-8,13,15H,6,9-10,12H2,1-3H3,(H,31,33)/t15-/m1/s1. The summed E-state index contributed by atoms with van der Waals surface area (Å²) in [5.74, 6) is 0.599. The van der Waals surface area contributed by atoms with Crippen LogP contribution < -0.4 is 5.32 Å². The summed E-state index contributed by atoms with van der Waals surface area (Å²) in [6.45, 7) is 6.81. The molecule has 36 heavy (non-hydrogen) atoms. The first kappa shape index (κ1) is 25.2. The second-order valence-electron chi connectivity index (χ2n) is 9.86. The molecule has 3 heterocycles. The molecule has 6 nitrogen and oxygen atoms in total. The number of halogens is 1. The molecule has 184 valence electrons. The molecule has 1 aliphatic rings. The number of nitriles is 1. The van der Waals surface area contributed by atoms with Crippen molar-refractivity contribution in [2.24, 2.45) is 11.3 Å². The van der Waals surface area contributed by atoms with Gasteiger partial charge in [0.25, 0.3) is 0 Å². The van der Waals surface area contributed by atoms with Crippen LogP contribution in [0.1, 0.15) is 43.2 Å². The minimum absolute atomic E-state index is 0.156. The Bertz CT molecular complexity index is 1480. The van der Waals surface area contributed by atoms with Gasteiger partial charge in [-0.05, 0) is 59.8 Å². The molecule has 4 aromatic rings. The molecule has 0 saturated carbocycles. The highest BCUT2D eigenvalue weighted by atomic mass is 35.5. The van der Waals surface area contributed by atoms with E-state index in [9.17, 15) is 10.1 Å². The molecular weight excluding hydrogens is 530 g/mol. The minimum atomic E-state index is -0.156. The molecule has 0 bridgehead atoms. The fourth-order valence-electron chi connectivity index (χ4n) is 4.47. The van der Waals surface area contributed by atoms with Gasteiger partial charge in [0.15, 0.2) is 0 Å². The Hall–Kier alpha value is -2.51. The summed E-state index contributed by atoms with van der Waals surface area (Å²) >= 11 is 10.2. The van der Waals surface area contributed by atoms with Gasteiger partial charge in [0, 0.05) is 15.5 Å². The highest BCUT2D eigenvalue weighted by Crippen LogP contribution is 2.44. The van der Waals surface area contributed by atoms with Gasteiger partial charge in [0.05, 0.1) is 11.3 Å². The number of amides is 1. The Morgan fingerprint density at radius 3 is 2.78 bits per heavy atom. The van der Waals surface area contributed by atoms with Crippen molar-refractivity contribution in [3.05, 3.63) is 51.6 Å². The van der Waals surface area contributed by atoms with E-state index in [2.05, 4.69) is 46.5 Å². The van der Waals surface area contributed by atoms with Crippen molar-refractivity contribution < 1.29 is 4.79 Å². The van der Waals surface area contributed by atoms with Gasteiger partial charge in [-0.25, -0.2) is 9.97 Å². The van der Waals surface area contributed by atoms with E-state index in [1.54, 1.807) is 11.3 Å².